The molecule has 0 nitrogen and oxygen atoms in total. The van der Waals surface area contributed by atoms with Gasteiger partial charge >= 0.3 is 0 Å². The van der Waals surface area contributed by atoms with Crippen LogP contribution >= 0.6 is 11.8 Å². The maximum atomic E-state index is 15.1. The van der Waals surface area contributed by atoms with Crippen molar-refractivity contribution in [3.63, 3.8) is 0 Å². The summed E-state index contributed by atoms with van der Waals surface area (Å²) in [5.74, 6) is -0.670. The van der Waals surface area contributed by atoms with Gasteiger partial charge in [-0.1, -0.05) is 96.7 Å². The molecule has 0 aliphatic carbocycles. The summed E-state index contributed by atoms with van der Waals surface area (Å²) in [7, 11) is 0. The lowest BCUT2D eigenvalue weighted by Gasteiger charge is -2.11. The molecule has 0 unspecified atom stereocenters. The molecule has 0 amide bonds. The predicted octanol–water partition coefficient (Wildman–Crippen LogP) is 7.45. The van der Waals surface area contributed by atoms with Crippen molar-refractivity contribution in [2.75, 3.05) is 0 Å². The van der Waals surface area contributed by atoms with Crippen molar-refractivity contribution in [3.8, 4) is 22.3 Å². The zero-order valence-electron chi connectivity index (χ0n) is 14.4. The zero-order chi connectivity index (χ0) is 18.6. The molecule has 0 heterocycles. The standard InChI is InChI=1S/C24H16F2S/c25-23-19(17-9-3-1-4-10-17)13-7-15-21(23)27-22-16-8-14-20(24(22)26)18-11-5-2-6-12-18/h1-16H. The third-order valence-electron chi connectivity index (χ3n) is 4.32. The van der Waals surface area contributed by atoms with Gasteiger partial charge in [0, 0.05) is 20.9 Å². The normalized spacial score (nSPS) is 10.7. The molecule has 132 valence electrons. The Hall–Kier alpha value is -2.91. The average molecular weight is 374 g/mol. The van der Waals surface area contributed by atoms with Gasteiger partial charge < -0.3 is 0 Å². The van der Waals surface area contributed by atoms with Gasteiger partial charge in [-0.25, -0.2) is 8.78 Å². The summed E-state index contributed by atoms with van der Waals surface area (Å²) in [6.07, 6.45) is 0. The van der Waals surface area contributed by atoms with Gasteiger partial charge in [-0.15, -0.1) is 0 Å². The number of benzene rings is 4. The molecule has 0 aliphatic rings. The highest BCUT2D eigenvalue weighted by molar-refractivity contribution is 7.99. The van der Waals surface area contributed by atoms with Gasteiger partial charge in [-0.3, -0.25) is 0 Å². The summed E-state index contributed by atoms with van der Waals surface area (Å²) in [6, 6.07) is 29.2. The Bertz CT molecular complexity index is 973. The van der Waals surface area contributed by atoms with E-state index in [0.717, 1.165) is 22.9 Å². The fourth-order valence-electron chi connectivity index (χ4n) is 2.98. The minimum absolute atomic E-state index is 0.335. The average Bonchev–Trinajstić information content (AvgIpc) is 2.72. The topological polar surface area (TPSA) is 0 Å². The molecule has 0 bridgehead atoms. The van der Waals surface area contributed by atoms with E-state index in [0.29, 0.717) is 20.9 Å². The molecule has 0 atom stereocenters. The smallest absolute Gasteiger partial charge is 0.144 e. The SMILES string of the molecule is Fc1c(Sc2cccc(-c3ccccc3)c2F)cccc1-c1ccccc1. The Kier molecular flexibility index (Phi) is 5.03. The second kappa shape index (κ2) is 7.77. The van der Waals surface area contributed by atoms with Crippen molar-refractivity contribution in [1.82, 2.24) is 0 Å². The molecule has 0 aliphatic heterocycles. The van der Waals surface area contributed by atoms with E-state index < -0.39 is 0 Å². The minimum atomic E-state index is -0.335. The summed E-state index contributed by atoms with van der Waals surface area (Å²) in [5.41, 5.74) is 2.63. The van der Waals surface area contributed by atoms with Crippen molar-refractivity contribution in [1.29, 1.82) is 0 Å². The van der Waals surface area contributed by atoms with Crippen LogP contribution in [0.1, 0.15) is 0 Å². The molecule has 0 saturated carbocycles. The van der Waals surface area contributed by atoms with Crippen LogP contribution in [0.4, 0.5) is 8.78 Å². The molecule has 0 saturated heterocycles. The predicted molar refractivity (Wildman–Crippen MR) is 108 cm³/mol. The summed E-state index contributed by atoms with van der Waals surface area (Å²) in [6.45, 7) is 0. The lowest BCUT2D eigenvalue weighted by atomic mass is 10.1. The second-order valence-corrected chi connectivity index (χ2v) is 7.15. The number of hydrogen-bond donors (Lipinski definition) is 0. The Morgan fingerprint density at radius 2 is 0.852 bits per heavy atom. The van der Waals surface area contributed by atoms with Crippen LogP contribution < -0.4 is 0 Å². The first-order chi connectivity index (χ1) is 13.2. The van der Waals surface area contributed by atoms with E-state index in [-0.39, 0.29) is 11.6 Å². The molecule has 0 aromatic heterocycles. The van der Waals surface area contributed by atoms with Crippen LogP contribution in [0.2, 0.25) is 0 Å². The van der Waals surface area contributed by atoms with Crippen LogP contribution in [0.25, 0.3) is 22.3 Å². The van der Waals surface area contributed by atoms with E-state index in [1.54, 1.807) is 36.4 Å². The monoisotopic (exact) mass is 374 g/mol. The third kappa shape index (κ3) is 3.64. The Morgan fingerprint density at radius 3 is 1.26 bits per heavy atom. The van der Waals surface area contributed by atoms with E-state index >= 15 is 8.78 Å². The van der Waals surface area contributed by atoms with Crippen LogP contribution in [0, 0.1) is 11.6 Å². The van der Waals surface area contributed by atoms with Crippen LogP contribution in [0.5, 0.6) is 0 Å². The van der Waals surface area contributed by atoms with Crippen molar-refractivity contribution in [2.45, 2.75) is 9.79 Å². The lowest BCUT2D eigenvalue weighted by molar-refractivity contribution is 0.599. The highest BCUT2D eigenvalue weighted by atomic mass is 32.2. The van der Waals surface area contributed by atoms with Crippen LogP contribution in [-0.4, -0.2) is 0 Å². The first-order valence-electron chi connectivity index (χ1n) is 8.60. The highest BCUT2D eigenvalue weighted by Gasteiger charge is 2.15. The lowest BCUT2D eigenvalue weighted by Crippen LogP contribution is -1.91. The summed E-state index contributed by atoms with van der Waals surface area (Å²) < 4.78 is 30.1. The second-order valence-electron chi connectivity index (χ2n) is 6.07. The van der Waals surface area contributed by atoms with Crippen molar-refractivity contribution < 1.29 is 8.78 Å². The summed E-state index contributed by atoms with van der Waals surface area (Å²) in [4.78, 5) is 0.806. The van der Waals surface area contributed by atoms with E-state index in [2.05, 4.69) is 0 Å². The first kappa shape index (κ1) is 17.5. The van der Waals surface area contributed by atoms with Crippen LogP contribution in [0.3, 0.4) is 0 Å². The van der Waals surface area contributed by atoms with Gasteiger partial charge in [0.1, 0.15) is 11.6 Å². The van der Waals surface area contributed by atoms with Crippen molar-refractivity contribution in [2.24, 2.45) is 0 Å². The Morgan fingerprint density at radius 1 is 0.444 bits per heavy atom. The molecular formula is C24H16F2S. The van der Waals surface area contributed by atoms with Crippen LogP contribution in [0.15, 0.2) is 107 Å². The van der Waals surface area contributed by atoms with E-state index in [9.17, 15) is 0 Å². The zero-order valence-corrected chi connectivity index (χ0v) is 15.2. The van der Waals surface area contributed by atoms with E-state index in [1.165, 1.54) is 0 Å². The van der Waals surface area contributed by atoms with Gasteiger partial charge in [0.25, 0.3) is 0 Å². The molecular weight excluding hydrogens is 358 g/mol. The summed E-state index contributed by atoms with van der Waals surface area (Å²) >= 11 is 1.11. The Balaban J connectivity index is 1.72. The molecule has 0 N–H and O–H groups in total. The Labute approximate surface area is 161 Å². The molecule has 4 rings (SSSR count). The van der Waals surface area contributed by atoms with Gasteiger partial charge in [-0.2, -0.15) is 0 Å². The molecule has 0 fully saturated rings. The molecule has 3 heteroatoms. The van der Waals surface area contributed by atoms with Gasteiger partial charge in [0.05, 0.1) is 0 Å². The van der Waals surface area contributed by atoms with E-state index in [4.69, 9.17) is 0 Å². The molecule has 4 aromatic rings. The molecule has 27 heavy (non-hydrogen) atoms. The maximum absolute atomic E-state index is 15.1. The fourth-order valence-corrected chi connectivity index (χ4v) is 3.91. The largest absolute Gasteiger partial charge is 0.205 e. The van der Waals surface area contributed by atoms with Crippen LogP contribution in [-0.2, 0) is 0 Å². The summed E-state index contributed by atoms with van der Waals surface area (Å²) in [5, 5.41) is 0. The van der Waals surface area contributed by atoms with E-state index in [1.807, 2.05) is 60.7 Å². The number of halogens is 2. The third-order valence-corrected chi connectivity index (χ3v) is 5.39. The molecule has 0 radical (unpaired) electrons. The maximum Gasteiger partial charge on any atom is 0.144 e. The minimum Gasteiger partial charge on any atom is -0.205 e. The van der Waals surface area contributed by atoms with Crippen molar-refractivity contribution in [3.05, 3.63) is 109 Å². The quantitative estimate of drug-likeness (QED) is 0.357. The van der Waals surface area contributed by atoms with Crippen molar-refractivity contribution >= 4 is 11.8 Å². The highest BCUT2D eigenvalue weighted by Crippen LogP contribution is 2.38. The molecule has 4 aromatic carbocycles. The number of rotatable bonds is 4. The van der Waals surface area contributed by atoms with Gasteiger partial charge in [-0.05, 0) is 23.3 Å². The number of hydrogen-bond acceptors (Lipinski definition) is 1. The fraction of sp³-hybridized carbons (Fsp3) is 0. The molecule has 0 spiro atoms. The first-order valence-corrected chi connectivity index (χ1v) is 9.41. The van der Waals surface area contributed by atoms with Gasteiger partial charge in [0.15, 0.2) is 0 Å². The van der Waals surface area contributed by atoms with Gasteiger partial charge in [0.2, 0.25) is 0 Å².